The van der Waals surface area contributed by atoms with E-state index in [1.54, 1.807) is 6.92 Å². The molecule has 0 spiro atoms. The Labute approximate surface area is 106 Å². The first-order chi connectivity index (χ1) is 8.13. The minimum absolute atomic E-state index is 0.258. The van der Waals surface area contributed by atoms with Gasteiger partial charge in [0.2, 0.25) is 5.89 Å². The van der Waals surface area contributed by atoms with Gasteiger partial charge in [0.15, 0.2) is 5.82 Å². The van der Waals surface area contributed by atoms with Crippen LogP contribution in [0.1, 0.15) is 17.3 Å². The van der Waals surface area contributed by atoms with Gasteiger partial charge in [-0.1, -0.05) is 21.1 Å². The number of benzene rings is 1. The van der Waals surface area contributed by atoms with E-state index < -0.39 is 0 Å². The fourth-order valence-electron chi connectivity index (χ4n) is 1.44. The number of nitrogens with one attached hydrogen (secondary N) is 1. The standard InChI is InChI=1S/C11H11BrFN3O/c1-7-15-11(16-17-7)6-14-5-8-2-9(12)4-10(13)3-8/h2-4,14H,5-6H2,1H3. The lowest BCUT2D eigenvalue weighted by atomic mass is 10.2. The van der Waals surface area contributed by atoms with Crippen molar-refractivity contribution in [2.75, 3.05) is 0 Å². The maximum absolute atomic E-state index is 13.1. The third-order valence-corrected chi connectivity index (χ3v) is 2.56. The van der Waals surface area contributed by atoms with Crippen molar-refractivity contribution in [2.24, 2.45) is 0 Å². The highest BCUT2D eigenvalue weighted by Crippen LogP contribution is 2.14. The van der Waals surface area contributed by atoms with E-state index in [2.05, 4.69) is 31.4 Å². The fraction of sp³-hybridized carbons (Fsp3) is 0.273. The van der Waals surface area contributed by atoms with Gasteiger partial charge in [0.25, 0.3) is 0 Å². The minimum atomic E-state index is -0.258. The van der Waals surface area contributed by atoms with E-state index in [-0.39, 0.29) is 5.82 Å². The second kappa shape index (κ2) is 5.37. The first kappa shape index (κ1) is 12.2. The first-order valence-electron chi connectivity index (χ1n) is 5.08. The van der Waals surface area contributed by atoms with Crippen LogP contribution < -0.4 is 5.32 Å². The molecular formula is C11H11BrFN3O. The molecule has 0 amide bonds. The quantitative estimate of drug-likeness (QED) is 0.943. The van der Waals surface area contributed by atoms with Crippen molar-refractivity contribution in [1.29, 1.82) is 0 Å². The van der Waals surface area contributed by atoms with Crippen LogP contribution in [0.3, 0.4) is 0 Å². The summed E-state index contributed by atoms with van der Waals surface area (Å²) >= 11 is 3.25. The van der Waals surface area contributed by atoms with Crippen LogP contribution in [0.4, 0.5) is 4.39 Å². The molecule has 0 atom stereocenters. The molecule has 0 aliphatic heterocycles. The molecule has 6 heteroatoms. The van der Waals surface area contributed by atoms with Crippen molar-refractivity contribution in [2.45, 2.75) is 20.0 Å². The molecule has 0 saturated carbocycles. The van der Waals surface area contributed by atoms with Gasteiger partial charge in [0.1, 0.15) is 5.82 Å². The largest absolute Gasteiger partial charge is 0.340 e. The van der Waals surface area contributed by atoms with Gasteiger partial charge in [-0.25, -0.2) is 4.39 Å². The van der Waals surface area contributed by atoms with E-state index in [0.717, 1.165) is 10.0 Å². The Morgan fingerprint density at radius 1 is 1.35 bits per heavy atom. The van der Waals surface area contributed by atoms with Crippen LogP contribution in [0.15, 0.2) is 27.2 Å². The maximum Gasteiger partial charge on any atom is 0.223 e. The number of hydrogen-bond acceptors (Lipinski definition) is 4. The Hall–Kier alpha value is -1.27. The summed E-state index contributed by atoms with van der Waals surface area (Å²) in [6.45, 7) is 2.77. The summed E-state index contributed by atoms with van der Waals surface area (Å²) in [5, 5.41) is 6.86. The van der Waals surface area contributed by atoms with E-state index in [1.807, 2.05) is 6.07 Å². The molecule has 17 heavy (non-hydrogen) atoms. The minimum Gasteiger partial charge on any atom is -0.340 e. The average molecular weight is 300 g/mol. The summed E-state index contributed by atoms with van der Waals surface area (Å²) in [4.78, 5) is 4.05. The van der Waals surface area contributed by atoms with Gasteiger partial charge in [-0.2, -0.15) is 4.98 Å². The van der Waals surface area contributed by atoms with Gasteiger partial charge < -0.3 is 9.84 Å². The molecule has 1 N–H and O–H groups in total. The predicted molar refractivity (Wildman–Crippen MR) is 63.7 cm³/mol. The number of aromatic nitrogens is 2. The molecule has 2 aromatic rings. The highest BCUT2D eigenvalue weighted by atomic mass is 79.9. The molecule has 1 aromatic carbocycles. The van der Waals surface area contributed by atoms with Gasteiger partial charge >= 0.3 is 0 Å². The zero-order chi connectivity index (χ0) is 12.3. The molecular weight excluding hydrogens is 289 g/mol. The maximum atomic E-state index is 13.1. The monoisotopic (exact) mass is 299 g/mol. The van der Waals surface area contributed by atoms with E-state index in [9.17, 15) is 4.39 Å². The third-order valence-electron chi connectivity index (χ3n) is 2.10. The molecule has 0 bridgehead atoms. The molecule has 0 saturated heterocycles. The van der Waals surface area contributed by atoms with Gasteiger partial charge in [-0.3, -0.25) is 0 Å². The van der Waals surface area contributed by atoms with Crippen molar-refractivity contribution < 1.29 is 8.91 Å². The van der Waals surface area contributed by atoms with E-state index in [0.29, 0.717) is 24.8 Å². The number of halogens is 2. The van der Waals surface area contributed by atoms with Gasteiger partial charge in [-0.15, -0.1) is 0 Å². The molecule has 4 nitrogen and oxygen atoms in total. The Kier molecular flexibility index (Phi) is 3.86. The second-order valence-corrected chi connectivity index (χ2v) is 4.53. The van der Waals surface area contributed by atoms with Gasteiger partial charge in [0, 0.05) is 17.9 Å². The molecule has 2 rings (SSSR count). The number of hydrogen-bond donors (Lipinski definition) is 1. The van der Waals surface area contributed by atoms with Crippen LogP contribution in [0.5, 0.6) is 0 Å². The Bertz CT molecular complexity index is 495. The fourth-order valence-corrected chi connectivity index (χ4v) is 1.96. The zero-order valence-corrected chi connectivity index (χ0v) is 10.8. The third kappa shape index (κ3) is 3.61. The van der Waals surface area contributed by atoms with E-state index >= 15 is 0 Å². The molecule has 0 aliphatic carbocycles. The highest BCUT2D eigenvalue weighted by Gasteiger charge is 2.02. The first-order valence-corrected chi connectivity index (χ1v) is 5.87. The molecule has 0 aliphatic rings. The average Bonchev–Trinajstić information content (AvgIpc) is 2.63. The molecule has 1 aromatic heterocycles. The van der Waals surface area contributed by atoms with Gasteiger partial charge in [-0.05, 0) is 23.8 Å². The van der Waals surface area contributed by atoms with Crippen molar-refractivity contribution >= 4 is 15.9 Å². The van der Waals surface area contributed by atoms with Crippen LogP contribution in [-0.4, -0.2) is 10.1 Å². The van der Waals surface area contributed by atoms with E-state index in [4.69, 9.17) is 4.52 Å². The van der Waals surface area contributed by atoms with Crippen molar-refractivity contribution in [3.8, 4) is 0 Å². The summed E-state index contributed by atoms with van der Waals surface area (Å²) in [6.07, 6.45) is 0. The summed E-state index contributed by atoms with van der Waals surface area (Å²) in [5.41, 5.74) is 0.858. The second-order valence-electron chi connectivity index (χ2n) is 3.61. The highest BCUT2D eigenvalue weighted by molar-refractivity contribution is 9.10. The number of aryl methyl sites for hydroxylation is 1. The zero-order valence-electron chi connectivity index (χ0n) is 9.20. The lowest BCUT2D eigenvalue weighted by Gasteiger charge is -2.03. The van der Waals surface area contributed by atoms with Crippen molar-refractivity contribution in [3.05, 3.63) is 45.8 Å². The Balaban J connectivity index is 1.89. The summed E-state index contributed by atoms with van der Waals surface area (Å²) in [7, 11) is 0. The number of rotatable bonds is 4. The predicted octanol–water partition coefficient (Wildman–Crippen LogP) is 2.57. The summed E-state index contributed by atoms with van der Waals surface area (Å²) in [5.74, 6) is 0.875. The molecule has 0 fully saturated rings. The van der Waals surface area contributed by atoms with Crippen molar-refractivity contribution in [3.63, 3.8) is 0 Å². The Morgan fingerprint density at radius 3 is 2.82 bits per heavy atom. The lowest BCUT2D eigenvalue weighted by molar-refractivity contribution is 0.385. The van der Waals surface area contributed by atoms with E-state index in [1.165, 1.54) is 12.1 Å². The normalized spacial score (nSPS) is 10.8. The van der Waals surface area contributed by atoms with Gasteiger partial charge in [0.05, 0.1) is 6.54 Å². The molecule has 1 heterocycles. The van der Waals surface area contributed by atoms with Crippen LogP contribution in [-0.2, 0) is 13.1 Å². The Morgan fingerprint density at radius 2 is 2.18 bits per heavy atom. The smallest absolute Gasteiger partial charge is 0.223 e. The SMILES string of the molecule is Cc1nc(CNCc2cc(F)cc(Br)c2)no1. The number of nitrogens with zero attached hydrogens (tertiary/aromatic N) is 2. The molecule has 0 unspecified atom stereocenters. The summed E-state index contributed by atoms with van der Waals surface area (Å²) in [6, 6.07) is 4.77. The van der Waals surface area contributed by atoms with Crippen LogP contribution in [0, 0.1) is 12.7 Å². The van der Waals surface area contributed by atoms with Crippen LogP contribution in [0.25, 0.3) is 0 Å². The lowest BCUT2D eigenvalue weighted by Crippen LogP contribution is -2.13. The van der Waals surface area contributed by atoms with Crippen LogP contribution in [0.2, 0.25) is 0 Å². The van der Waals surface area contributed by atoms with Crippen LogP contribution >= 0.6 is 15.9 Å². The molecule has 90 valence electrons. The van der Waals surface area contributed by atoms with Crippen molar-refractivity contribution in [1.82, 2.24) is 15.5 Å². The summed E-state index contributed by atoms with van der Waals surface area (Å²) < 4.78 is 18.6. The molecule has 0 radical (unpaired) electrons. The topological polar surface area (TPSA) is 51.0 Å².